The molecule has 1 aromatic heterocycles. The molecular weight excluding hydrogens is 477 g/mol. The van der Waals surface area contributed by atoms with E-state index in [1.165, 1.54) is 12.1 Å². The summed E-state index contributed by atoms with van der Waals surface area (Å²) in [6.45, 7) is 0. The fourth-order valence-corrected chi connectivity index (χ4v) is 2.96. The lowest BCUT2D eigenvalue weighted by Crippen LogP contribution is -2.16. The van der Waals surface area contributed by atoms with Crippen molar-refractivity contribution in [2.45, 2.75) is 0 Å². The van der Waals surface area contributed by atoms with Gasteiger partial charge in [0.2, 0.25) is 0 Å². The van der Waals surface area contributed by atoms with Gasteiger partial charge in [0.05, 0.1) is 14.7 Å². The van der Waals surface area contributed by atoms with Gasteiger partial charge in [-0.15, -0.1) is 0 Å². The van der Waals surface area contributed by atoms with Crippen LogP contribution in [-0.2, 0) is 0 Å². The SMILES string of the molecule is O=C(N/N=C/c1cc([N+](=O)[O-])cc(I)c1O)c1cc2cc(Cl)ccc2o1. The number of nitrogens with one attached hydrogen (secondary N) is 1. The maximum Gasteiger partial charge on any atom is 0.307 e. The number of rotatable bonds is 4. The Balaban J connectivity index is 1.79. The lowest BCUT2D eigenvalue weighted by atomic mass is 10.2. The van der Waals surface area contributed by atoms with Crippen LogP contribution < -0.4 is 5.43 Å². The van der Waals surface area contributed by atoms with E-state index in [1.807, 2.05) is 0 Å². The van der Waals surface area contributed by atoms with E-state index in [0.29, 0.717) is 19.6 Å². The first-order chi connectivity index (χ1) is 12.3. The van der Waals surface area contributed by atoms with Gasteiger partial charge in [0.25, 0.3) is 5.69 Å². The highest BCUT2D eigenvalue weighted by Crippen LogP contribution is 2.28. The fourth-order valence-electron chi connectivity index (χ4n) is 2.15. The third-order valence-corrected chi connectivity index (χ3v) is 4.42. The number of phenolic OH excluding ortho intramolecular Hbond substituents is 1. The molecule has 2 N–H and O–H groups in total. The number of non-ortho nitro benzene ring substituents is 1. The van der Waals surface area contributed by atoms with E-state index >= 15 is 0 Å². The van der Waals surface area contributed by atoms with Crippen LogP contribution in [0.1, 0.15) is 16.1 Å². The number of phenols is 1. The Bertz CT molecular complexity index is 1060. The van der Waals surface area contributed by atoms with Gasteiger partial charge in [-0.3, -0.25) is 14.9 Å². The molecule has 26 heavy (non-hydrogen) atoms. The standard InChI is InChI=1S/C16H9ClIN3O5/c17-10-1-2-13-8(3-10)5-14(26-13)16(23)20-19-7-9-4-11(21(24)25)6-12(18)15(9)22/h1-7,22H,(H,20,23)/b19-7+. The Morgan fingerprint density at radius 2 is 2.12 bits per heavy atom. The Hall–Kier alpha value is -2.66. The van der Waals surface area contributed by atoms with Crippen LogP contribution in [0.4, 0.5) is 5.69 Å². The second kappa shape index (κ2) is 7.30. The van der Waals surface area contributed by atoms with Gasteiger partial charge in [-0.2, -0.15) is 5.10 Å². The van der Waals surface area contributed by atoms with Crippen LogP contribution in [0.25, 0.3) is 11.0 Å². The Morgan fingerprint density at radius 3 is 2.85 bits per heavy atom. The molecule has 1 amide bonds. The van der Waals surface area contributed by atoms with Gasteiger partial charge in [0.1, 0.15) is 11.3 Å². The third-order valence-electron chi connectivity index (χ3n) is 3.36. The highest BCUT2D eigenvalue weighted by Gasteiger charge is 2.14. The quantitative estimate of drug-likeness (QED) is 0.250. The van der Waals surface area contributed by atoms with Crippen LogP contribution in [0.5, 0.6) is 5.75 Å². The number of halogens is 2. The molecule has 3 rings (SSSR count). The molecule has 0 atom stereocenters. The summed E-state index contributed by atoms with van der Waals surface area (Å²) in [4.78, 5) is 22.4. The van der Waals surface area contributed by atoms with Crippen molar-refractivity contribution in [3.8, 4) is 5.75 Å². The lowest BCUT2D eigenvalue weighted by molar-refractivity contribution is -0.385. The van der Waals surface area contributed by atoms with Crippen molar-refractivity contribution in [3.05, 3.63) is 66.4 Å². The van der Waals surface area contributed by atoms with E-state index in [9.17, 15) is 20.0 Å². The van der Waals surface area contributed by atoms with Crippen LogP contribution in [0, 0.1) is 13.7 Å². The molecule has 0 saturated heterocycles. The van der Waals surface area contributed by atoms with Crippen LogP contribution >= 0.6 is 34.2 Å². The maximum atomic E-state index is 12.1. The number of aromatic hydroxyl groups is 1. The zero-order chi connectivity index (χ0) is 18.8. The molecular formula is C16H9ClIN3O5. The predicted octanol–water partition coefficient (Wildman–Crippen LogP) is 4.07. The summed E-state index contributed by atoms with van der Waals surface area (Å²) < 4.78 is 5.69. The van der Waals surface area contributed by atoms with Crippen molar-refractivity contribution < 1.29 is 19.2 Å². The fraction of sp³-hybridized carbons (Fsp3) is 0. The van der Waals surface area contributed by atoms with Crippen molar-refractivity contribution >= 4 is 63.0 Å². The highest BCUT2D eigenvalue weighted by atomic mass is 127. The summed E-state index contributed by atoms with van der Waals surface area (Å²) in [6, 6.07) is 8.83. The molecule has 2 aromatic carbocycles. The third kappa shape index (κ3) is 3.78. The summed E-state index contributed by atoms with van der Waals surface area (Å²) in [5.74, 6) is -0.766. The zero-order valence-electron chi connectivity index (χ0n) is 12.8. The van der Waals surface area contributed by atoms with Crippen molar-refractivity contribution in [1.29, 1.82) is 0 Å². The van der Waals surface area contributed by atoms with Gasteiger partial charge in [-0.1, -0.05) is 11.6 Å². The van der Waals surface area contributed by atoms with Crippen molar-refractivity contribution in [2.75, 3.05) is 0 Å². The van der Waals surface area contributed by atoms with E-state index in [-0.39, 0.29) is 22.8 Å². The summed E-state index contributed by atoms with van der Waals surface area (Å²) in [5.41, 5.74) is 2.63. The topological polar surface area (TPSA) is 118 Å². The van der Waals surface area contributed by atoms with E-state index in [1.54, 1.807) is 40.8 Å². The minimum absolute atomic E-state index is 0.0252. The highest BCUT2D eigenvalue weighted by molar-refractivity contribution is 14.1. The number of nitrogens with zero attached hydrogens (tertiary/aromatic N) is 2. The minimum Gasteiger partial charge on any atom is -0.506 e. The zero-order valence-corrected chi connectivity index (χ0v) is 15.7. The van der Waals surface area contributed by atoms with E-state index in [2.05, 4.69) is 10.5 Å². The Morgan fingerprint density at radius 1 is 1.35 bits per heavy atom. The average Bonchev–Trinajstić information content (AvgIpc) is 3.01. The smallest absolute Gasteiger partial charge is 0.307 e. The largest absolute Gasteiger partial charge is 0.506 e. The number of fused-ring (bicyclic) bond motifs is 1. The van der Waals surface area contributed by atoms with Crippen LogP contribution in [0.2, 0.25) is 5.02 Å². The first-order valence-electron chi connectivity index (χ1n) is 7.04. The predicted molar refractivity (Wildman–Crippen MR) is 104 cm³/mol. The van der Waals surface area contributed by atoms with E-state index < -0.39 is 10.8 Å². The normalized spacial score (nSPS) is 11.2. The van der Waals surface area contributed by atoms with Crippen molar-refractivity contribution in [3.63, 3.8) is 0 Å². The average molecular weight is 486 g/mol. The molecule has 0 aliphatic carbocycles. The van der Waals surface area contributed by atoms with Crippen LogP contribution in [-0.4, -0.2) is 22.2 Å². The molecule has 0 aliphatic heterocycles. The van der Waals surface area contributed by atoms with Gasteiger partial charge in [0, 0.05) is 28.1 Å². The first-order valence-corrected chi connectivity index (χ1v) is 8.50. The van der Waals surface area contributed by atoms with Crippen molar-refractivity contribution in [2.24, 2.45) is 5.10 Å². The monoisotopic (exact) mass is 485 g/mol. The minimum atomic E-state index is -0.617. The molecule has 0 fully saturated rings. The number of nitro benzene ring substituents is 1. The molecule has 3 aromatic rings. The summed E-state index contributed by atoms with van der Waals surface area (Å²) in [7, 11) is 0. The lowest BCUT2D eigenvalue weighted by Gasteiger charge is -2.02. The molecule has 10 heteroatoms. The van der Waals surface area contributed by atoms with Gasteiger partial charge < -0.3 is 9.52 Å². The number of hydrogen-bond acceptors (Lipinski definition) is 6. The van der Waals surface area contributed by atoms with Gasteiger partial charge >= 0.3 is 5.91 Å². The molecule has 0 bridgehead atoms. The summed E-state index contributed by atoms with van der Waals surface area (Å²) in [6.07, 6.45) is 1.11. The molecule has 132 valence electrons. The number of benzene rings is 2. The Kier molecular flexibility index (Phi) is 5.09. The number of furan rings is 1. The van der Waals surface area contributed by atoms with Gasteiger partial charge in [-0.25, -0.2) is 5.43 Å². The molecule has 0 aliphatic rings. The first kappa shape index (κ1) is 18.1. The number of carbonyl (C=O) groups excluding carboxylic acids is 1. The molecule has 0 spiro atoms. The molecule has 0 unspecified atom stereocenters. The number of nitro groups is 1. The van der Waals surface area contributed by atoms with Gasteiger partial charge in [0.15, 0.2) is 5.76 Å². The molecule has 0 saturated carbocycles. The summed E-state index contributed by atoms with van der Waals surface area (Å²) in [5, 5.41) is 25.7. The van der Waals surface area contributed by atoms with E-state index in [0.717, 1.165) is 12.3 Å². The van der Waals surface area contributed by atoms with Crippen LogP contribution in [0.3, 0.4) is 0 Å². The van der Waals surface area contributed by atoms with E-state index in [4.69, 9.17) is 16.0 Å². The molecule has 1 heterocycles. The maximum absolute atomic E-state index is 12.1. The number of hydrogen-bond donors (Lipinski definition) is 2. The summed E-state index contributed by atoms with van der Waals surface area (Å²) >= 11 is 7.65. The Labute approximate surface area is 164 Å². The van der Waals surface area contributed by atoms with Crippen LogP contribution in [0.15, 0.2) is 45.9 Å². The number of hydrazone groups is 1. The second-order valence-electron chi connectivity index (χ2n) is 5.11. The molecule has 0 radical (unpaired) electrons. The second-order valence-corrected chi connectivity index (χ2v) is 6.71. The molecule has 8 nitrogen and oxygen atoms in total. The van der Waals surface area contributed by atoms with Crippen molar-refractivity contribution in [1.82, 2.24) is 5.43 Å². The van der Waals surface area contributed by atoms with Gasteiger partial charge in [-0.05, 0) is 46.9 Å². The number of carbonyl (C=O) groups is 1. The number of amides is 1.